The van der Waals surface area contributed by atoms with Crippen molar-refractivity contribution in [2.45, 2.75) is 19.3 Å². The van der Waals surface area contributed by atoms with Gasteiger partial charge in [-0.3, -0.25) is 4.40 Å². The number of anilines is 1. The Balaban J connectivity index is 1.69. The van der Waals surface area contributed by atoms with E-state index < -0.39 is 0 Å². The third-order valence-corrected chi connectivity index (χ3v) is 4.67. The zero-order valence-corrected chi connectivity index (χ0v) is 14.6. The highest BCUT2D eigenvalue weighted by Crippen LogP contribution is 2.32. The van der Waals surface area contributed by atoms with Gasteiger partial charge in [0.25, 0.3) is 0 Å². The number of ether oxygens (including phenoxy) is 2. The summed E-state index contributed by atoms with van der Waals surface area (Å²) in [5.74, 6) is 3.13. The van der Waals surface area contributed by atoms with Crippen LogP contribution in [0.3, 0.4) is 0 Å². The van der Waals surface area contributed by atoms with Gasteiger partial charge in [0.15, 0.2) is 11.5 Å². The van der Waals surface area contributed by atoms with Crippen LogP contribution in [0.1, 0.15) is 19.3 Å². The predicted molar refractivity (Wildman–Crippen MR) is 97.6 cm³/mol. The van der Waals surface area contributed by atoms with Gasteiger partial charge in [0.2, 0.25) is 5.78 Å². The number of benzene rings is 1. The molecule has 0 amide bonds. The predicted octanol–water partition coefficient (Wildman–Crippen LogP) is 3.40. The zero-order valence-electron chi connectivity index (χ0n) is 14.6. The van der Waals surface area contributed by atoms with E-state index in [9.17, 15) is 0 Å². The van der Waals surface area contributed by atoms with Crippen molar-refractivity contribution >= 4 is 11.6 Å². The van der Waals surface area contributed by atoms with Crippen LogP contribution in [0.25, 0.3) is 17.0 Å². The SMILES string of the molecule is COc1ccc(-c2cn3ccc(N4CCCCC4)nc3n2)cc1OC. The van der Waals surface area contributed by atoms with Crippen molar-refractivity contribution in [3.8, 4) is 22.8 Å². The summed E-state index contributed by atoms with van der Waals surface area (Å²) in [6.07, 6.45) is 7.80. The number of hydrogen-bond acceptors (Lipinski definition) is 5. The second-order valence-electron chi connectivity index (χ2n) is 6.24. The zero-order chi connectivity index (χ0) is 17.2. The maximum absolute atomic E-state index is 5.39. The summed E-state index contributed by atoms with van der Waals surface area (Å²) in [5, 5.41) is 0. The molecule has 0 unspecified atom stereocenters. The number of nitrogens with zero attached hydrogens (tertiary/aromatic N) is 4. The summed E-state index contributed by atoms with van der Waals surface area (Å²) in [7, 11) is 3.27. The van der Waals surface area contributed by atoms with Crippen LogP contribution in [-0.4, -0.2) is 41.7 Å². The Morgan fingerprint density at radius 1 is 0.920 bits per heavy atom. The molecule has 25 heavy (non-hydrogen) atoms. The molecule has 2 aromatic heterocycles. The highest BCUT2D eigenvalue weighted by atomic mass is 16.5. The number of piperidine rings is 1. The number of aromatic nitrogens is 3. The Morgan fingerprint density at radius 2 is 1.72 bits per heavy atom. The third kappa shape index (κ3) is 2.99. The maximum atomic E-state index is 5.39. The van der Waals surface area contributed by atoms with Crippen molar-refractivity contribution < 1.29 is 9.47 Å². The van der Waals surface area contributed by atoms with Crippen LogP contribution in [0.4, 0.5) is 5.82 Å². The summed E-state index contributed by atoms with van der Waals surface area (Å²) in [6, 6.07) is 7.88. The molecule has 4 rings (SSSR count). The van der Waals surface area contributed by atoms with Gasteiger partial charge in [-0.2, -0.15) is 4.98 Å². The van der Waals surface area contributed by atoms with E-state index in [1.165, 1.54) is 19.3 Å². The van der Waals surface area contributed by atoms with Gasteiger partial charge in [0, 0.05) is 31.0 Å². The van der Waals surface area contributed by atoms with E-state index in [-0.39, 0.29) is 0 Å². The first-order chi connectivity index (χ1) is 12.3. The van der Waals surface area contributed by atoms with E-state index in [1.807, 2.05) is 35.0 Å². The number of imidazole rings is 1. The van der Waals surface area contributed by atoms with E-state index in [0.29, 0.717) is 17.3 Å². The van der Waals surface area contributed by atoms with Gasteiger partial charge in [0.05, 0.1) is 19.9 Å². The number of hydrogen-bond donors (Lipinski definition) is 0. The number of rotatable bonds is 4. The molecular weight excluding hydrogens is 316 g/mol. The summed E-state index contributed by atoms with van der Waals surface area (Å²) >= 11 is 0. The lowest BCUT2D eigenvalue weighted by molar-refractivity contribution is 0.355. The van der Waals surface area contributed by atoms with Crippen LogP contribution < -0.4 is 14.4 Å². The fourth-order valence-corrected chi connectivity index (χ4v) is 3.30. The molecule has 6 heteroatoms. The first-order valence-electron chi connectivity index (χ1n) is 8.61. The molecule has 0 spiro atoms. The normalized spacial score (nSPS) is 14.7. The number of methoxy groups -OCH3 is 2. The minimum Gasteiger partial charge on any atom is -0.493 e. The minimum atomic E-state index is 0.694. The van der Waals surface area contributed by atoms with E-state index in [0.717, 1.165) is 30.2 Å². The number of fused-ring (bicyclic) bond motifs is 1. The van der Waals surface area contributed by atoms with Crippen LogP contribution in [0.15, 0.2) is 36.7 Å². The molecule has 0 radical (unpaired) electrons. The fraction of sp³-hybridized carbons (Fsp3) is 0.368. The summed E-state index contributed by atoms with van der Waals surface area (Å²) < 4.78 is 12.6. The average Bonchev–Trinajstić information content (AvgIpc) is 3.11. The Bertz CT molecular complexity index is 884. The molecule has 1 aliphatic heterocycles. The summed E-state index contributed by atoms with van der Waals surface area (Å²) in [6.45, 7) is 2.15. The lowest BCUT2D eigenvalue weighted by Gasteiger charge is -2.27. The van der Waals surface area contributed by atoms with Gasteiger partial charge >= 0.3 is 0 Å². The van der Waals surface area contributed by atoms with Crippen molar-refractivity contribution in [3.05, 3.63) is 36.7 Å². The molecule has 0 aliphatic carbocycles. The molecule has 1 saturated heterocycles. The van der Waals surface area contributed by atoms with E-state index in [1.54, 1.807) is 14.2 Å². The van der Waals surface area contributed by atoms with Gasteiger partial charge in [-0.05, 0) is 43.5 Å². The van der Waals surface area contributed by atoms with Crippen molar-refractivity contribution in [1.82, 2.24) is 14.4 Å². The maximum Gasteiger partial charge on any atom is 0.236 e. The smallest absolute Gasteiger partial charge is 0.236 e. The van der Waals surface area contributed by atoms with Crippen LogP contribution in [-0.2, 0) is 0 Å². The van der Waals surface area contributed by atoms with Crippen LogP contribution >= 0.6 is 0 Å². The lowest BCUT2D eigenvalue weighted by atomic mass is 10.1. The van der Waals surface area contributed by atoms with Crippen molar-refractivity contribution in [3.63, 3.8) is 0 Å². The molecule has 130 valence electrons. The van der Waals surface area contributed by atoms with E-state index in [2.05, 4.69) is 11.0 Å². The Morgan fingerprint density at radius 3 is 2.48 bits per heavy atom. The first kappa shape index (κ1) is 15.7. The molecular formula is C19H22N4O2. The molecule has 3 heterocycles. The Kier molecular flexibility index (Phi) is 4.17. The van der Waals surface area contributed by atoms with E-state index >= 15 is 0 Å². The van der Waals surface area contributed by atoms with E-state index in [4.69, 9.17) is 19.4 Å². The minimum absolute atomic E-state index is 0.694. The van der Waals surface area contributed by atoms with Gasteiger partial charge in [-0.25, -0.2) is 4.98 Å². The average molecular weight is 338 g/mol. The van der Waals surface area contributed by atoms with Crippen molar-refractivity contribution in [2.75, 3.05) is 32.2 Å². The van der Waals surface area contributed by atoms with Crippen molar-refractivity contribution in [2.24, 2.45) is 0 Å². The Hall–Kier alpha value is -2.76. The molecule has 0 bridgehead atoms. The molecule has 0 saturated carbocycles. The monoisotopic (exact) mass is 338 g/mol. The topological polar surface area (TPSA) is 51.9 Å². The van der Waals surface area contributed by atoms with Crippen molar-refractivity contribution in [1.29, 1.82) is 0 Å². The lowest BCUT2D eigenvalue weighted by Crippen LogP contribution is -2.30. The van der Waals surface area contributed by atoms with Gasteiger partial charge < -0.3 is 14.4 Å². The standard InChI is InChI=1S/C19H22N4O2/c1-24-16-7-6-14(12-17(16)25-2)15-13-23-11-8-18(21-19(23)20-15)22-9-4-3-5-10-22/h6-8,11-13H,3-5,9-10H2,1-2H3. The summed E-state index contributed by atoms with van der Waals surface area (Å²) in [5.41, 5.74) is 1.84. The van der Waals surface area contributed by atoms with Crippen LogP contribution in [0.2, 0.25) is 0 Å². The highest BCUT2D eigenvalue weighted by molar-refractivity contribution is 5.66. The van der Waals surface area contributed by atoms with Gasteiger partial charge in [0.1, 0.15) is 5.82 Å². The van der Waals surface area contributed by atoms with Gasteiger partial charge in [-0.15, -0.1) is 0 Å². The quantitative estimate of drug-likeness (QED) is 0.730. The molecule has 0 N–H and O–H groups in total. The molecule has 3 aromatic rings. The second kappa shape index (κ2) is 6.63. The highest BCUT2D eigenvalue weighted by Gasteiger charge is 2.14. The van der Waals surface area contributed by atoms with Crippen LogP contribution in [0.5, 0.6) is 11.5 Å². The second-order valence-corrected chi connectivity index (χ2v) is 6.24. The Labute approximate surface area is 147 Å². The molecule has 6 nitrogen and oxygen atoms in total. The largest absolute Gasteiger partial charge is 0.493 e. The fourth-order valence-electron chi connectivity index (χ4n) is 3.30. The molecule has 1 fully saturated rings. The first-order valence-corrected chi connectivity index (χ1v) is 8.61. The molecule has 0 atom stereocenters. The van der Waals surface area contributed by atoms with Crippen LogP contribution in [0, 0.1) is 0 Å². The molecule has 1 aliphatic rings. The van der Waals surface area contributed by atoms with Gasteiger partial charge in [-0.1, -0.05) is 0 Å². The summed E-state index contributed by atoms with van der Waals surface area (Å²) in [4.78, 5) is 11.8. The third-order valence-electron chi connectivity index (χ3n) is 4.67. The molecule has 1 aromatic carbocycles.